The molecule has 6 heteroatoms. The first kappa shape index (κ1) is 21.3. The minimum Gasteiger partial charge on any atom is -0.497 e. The number of benzene rings is 2. The molecule has 148 valence electrons. The highest BCUT2D eigenvalue weighted by Gasteiger charge is 2.13. The van der Waals surface area contributed by atoms with Gasteiger partial charge >= 0.3 is 0 Å². The van der Waals surface area contributed by atoms with Gasteiger partial charge in [0.25, 0.3) is 0 Å². The van der Waals surface area contributed by atoms with Gasteiger partial charge in [0.05, 0.1) is 12.0 Å². The van der Waals surface area contributed by atoms with Crippen LogP contribution in [0.5, 0.6) is 11.5 Å². The van der Waals surface area contributed by atoms with Gasteiger partial charge in [-0.15, -0.1) is 0 Å². The third-order valence-electron chi connectivity index (χ3n) is 4.27. The molecule has 0 saturated heterocycles. The number of sulfonamides is 1. The molecule has 2 aromatic rings. The van der Waals surface area contributed by atoms with E-state index in [0.717, 1.165) is 18.6 Å². The van der Waals surface area contributed by atoms with E-state index in [9.17, 15) is 8.42 Å². The average molecular weight is 392 g/mol. The minimum atomic E-state index is -3.52. The summed E-state index contributed by atoms with van der Waals surface area (Å²) in [5.41, 5.74) is 1.17. The van der Waals surface area contributed by atoms with Gasteiger partial charge in [-0.3, -0.25) is 0 Å². The Hall–Kier alpha value is -2.05. The largest absolute Gasteiger partial charge is 0.497 e. The maximum absolute atomic E-state index is 12.4. The molecule has 0 bridgehead atoms. The van der Waals surface area contributed by atoms with Crippen LogP contribution < -0.4 is 14.2 Å². The lowest BCUT2D eigenvalue weighted by molar-refractivity contribution is 0.322. The van der Waals surface area contributed by atoms with E-state index in [1.165, 1.54) is 24.8 Å². The molecule has 0 radical (unpaired) electrons. The molecule has 0 aliphatic rings. The van der Waals surface area contributed by atoms with Crippen molar-refractivity contribution in [1.29, 1.82) is 0 Å². The fraction of sp³-hybridized carbons (Fsp3) is 0.429. The molecule has 0 aliphatic heterocycles. The molecule has 0 amide bonds. The first-order valence-electron chi connectivity index (χ1n) is 9.40. The molecule has 27 heavy (non-hydrogen) atoms. The number of methoxy groups -OCH3 is 1. The Bertz CT molecular complexity index is 771. The van der Waals surface area contributed by atoms with Crippen LogP contribution in [0, 0.1) is 0 Å². The predicted molar refractivity (Wildman–Crippen MR) is 108 cm³/mol. The smallest absolute Gasteiger partial charge is 0.240 e. The van der Waals surface area contributed by atoms with Crippen molar-refractivity contribution in [3.05, 3.63) is 54.1 Å². The number of unbranched alkanes of at least 4 members (excludes halogenated alkanes) is 3. The molecule has 0 spiro atoms. The second-order valence-corrected chi connectivity index (χ2v) is 8.14. The van der Waals surface area contributed by atoms with Crippen molar-refractivity contribution < 1.29 is 17.9 Å². The van der Waals surface area contributed by atoms with E-state index in [2.05, 4.69) is 11.6 Å². The number of nitrogens with one attached hydrogen (secondary N) is 1. The summed E-state index contributed by atoms with van der Waals surface area (Å²) >= 11 is 0. The zero-order valence-electron chi connectivity index (χ0n) is 16.1. The second-order valence-electron chi connectivity index (χ2n) is 6.38. The summed E-state index contributed by atoms with van der Waals surface area (Å²) in [7, 11) is -1.92. The highest BCUT2D eigenvalue weighted by molar-refractivity contribution is 7.89. The summed E-state index contributed by atoms with van der Waals surface area (Å²) in [5, 5.41) is 0. The van der Waals surface area contributed by atoms with Gasteiger partial charge < -0.3 is 9.47 Å². The Morgan fingerprint density at radius 2 is 1.56 bits per heavy atom. The van der Waals surface area contributed by atoms with Crippen molar-refractivity contribution in [2.45, 2.75) is 43.9 Å². The number of rotatable bonds is 12. The molecule has 0 aromatic heterocycles. The molecule has 0 saturated carbocycles. The van der Waals surface area contributed by atoms with Crippen molar-refractivity contribution in [2.24, 2.45) is 0 Å². The fourth-order valence-corrected chi connectivity index (χ4v) is 3.70. The zero-order chi connectivity index (χ0) is 19.5. The second kappa shape index (κ2) is 10.9. The zero-order valence-corrected chi connectivity index (χ0v) is 16.9. The van der Waals surface area contributed by atoms with Crippen molar-refractivity contribution in [1.82, 2.24) is 4.72 Å². The molecule has 0 aliphatic carbocycles. The van der Waals surface area contributed by atoms with Crippen LogP contribution in [0.4, 0.5) is 0 Å². The first-order valence-corrected chi connectivity index (χ1v) is 10.9. The van der Waals surface area contributed by atoms with Crippen LogP contribution in [0.15, 0.2) is 53.4 Å². The number of ether oxygens (including phenoxy) is 2. The summed E-state index contributed by atoms with van der Waals surface area (Å²) in [6.07, 6.45) is 5.80. The van der Waals surface area contributed by atoms with E-state index in [1.54, 1.807) is 43.5 Å². The number of aryl methyl sites for hydroxylation is 1. The Balaban J connectivity index is 1.77. The predicted octanol–water partition coefficient (Wildman–Crippen LogP) is 4.18. The molecular formula is C21H29NO4S. The molecular weight excluding hydrogens is 362 g/mol. The lowest BCUT2D eigenvalue weighted by Crippen LogP contribution is -2.28. The monoisotopic (exact) mass is 391 g/mol. The molecule has 1 N–H and O–H groups in total. The molecule has 2 aromatic carbocycles. The van der Waals surface area contributed by atoms with Crippen LogP contribution >= 0.6 is 0 Å². The van der Waals surface area contributed by atoms with Crippen LogP contribution in [0.1, 0.15) is 38.2 Å². The lowest BCUT2D eigenvalue weighted by atomic mass is 10.1. The molecule has 0 fully saturated rings. The van der Waals surface area contributed by atoms with Crippen molar-refractivity contribution in [3.63, 3.8) is 0 Å². The average Bonchev–Trinajstić information content (AvgIpc) is 2.69. The standard InChI is InChI=1S/C21H29NO4S/c1-3-4-5-6-7-18-8-14-21(15-9-18)27(23,24)22-16-17-26-20-12-10-19(25-2)11-13-20/h8-15,22H,3-7,16-17H2,1-2H3. The van der Waals surface area contributed by atoms with Crippen LogP contribution in [0.3, 0.4) is 0 Å². The van der Waals surface area contributed by atoms with Crippen molar-refractivity contribution >= 4 is 10.0 Å². The maximum atomic E-state index is 12.4. The van der Waals surface area contributed by atoms with Crippen molar-refractivity contribution in [3.8, 4) is 11.5 Å². The normalized spacial score (nSPS) is 11.3. The Morgan fingerprint density at radius 1 is 0.889 bits per heavy atom. The SMILES string of the molecule is CCCCCCc1ccc(S(=O)(=O)NCCOc2ccc(OC)cc2)cc1. The topological polar surface area (TPSA) is 64.6 Å². The highest BCUT2D eigenvalue weighted by Crippen LogP contribution is 2.17. The van der Waals surface area contributed by atoms with Gasteiger partial charge in [0.1, 0.15) is 18.1 Å². The van der Waals surface area contributed by atoms with Gasteiger partial charge in [-0.05, 0) is 54.8 Å². The van der Waals surface area contributed by atoms with Crippen LogP contribution in [-0.2, 0) is 16.4 Å². The maximum Gasteiger partial charge on any atom is 0.240 e. The van der Waals surface area contributed by atoms with Gasteiger partial charge in [0.2, 0.25) is 10.0 Å². The van der Waals surface area contributed by atoms with E-state index in [0.29, 0.717) is 5.75 Å². The first-order chi connectivity index (χ1) is 13.0. The molecule has 0 unspecified atom stereocenters. The third-order valence-corrected chi connectivity index (χ3v) is 5.75. The number of hydrogen-bond acceptors (Lipinski definition) is 4. The molecule has 2 rings (SSSR count). The van der Waals surface area contributed by atoms with Gasteiger partial charge in [0, 0.05) is 6.54 Å². The van der Waals surface area contributed by atoms with E-state index < -0.39 is 10.0 Å². The van der Waals surface area contributed by atoms with E-state index in [1.807, 2.05) is 12.1 Å². The Kier molecular flexibility index (Phi) is 8.61. The van der Waals surface area contributed by atoms with E-state index in [4.69, 9.17) is 9.47 Å². The third kappa shape index (κ3) is 7.23. The number of hydrogen-bond donors (Lipinski definition) is 1. The lowest BCUT2D eigenvalue weighted by Gasteiger charge is -2.10. The van der Waals surface area contributed by atoms with Crippen LogP contribution in [0.2, 0.25) is 0 Å². The summed E-state index contributed by atoms with van der Waals surface area (Å²) in [6, 6.07) is 14.3. The Labute approximate surface area is 162 Å². The van der Waals surface area contributed by atoms with Crippen LogP contribution in [0.25, 0.3) is 0 Å². The fourth-order valence-electron chi connectivity index (χ4n) is 2.69. The minimum absolute atomic E-state index is 0.202. The van der Waals surface area contributed by atoms with Crippen molar-refractivity contribution in [2.75, 3.05) is 20.3 Å². The Morgan fingerprint density at radius 3 is 2.19 bits per heavy atom. The van der Waals surface area contributed by atoms with Gasteiger partial charge in [-0.1, -0.05) is 38.3 Å². The highest BCUT2D eigenvalue weighted by atomic mass is 32.2. The van der Waals surface area contributed by atoms with E-state index in [-0.39, 0.29) is 18.0 Å². The summed E-state index contributed by atoms with van der Waals surface area (Å²) in [5.74, 6) is 1.42. The molecule has 5 nitrogen and oxygen atoms in total. The van der Waals surface area contributed by atoms with Crippen LogP contribution in [-0.4, -0.2) is 28.7 Å². The summed E-state index contributed by atoms with van der Waals surface area (Å²) in [4.78, 5) is 0.282. The van der Waals surface area contributed by atoms with Gasteiger partial charge in [-0.25, -0.2) is 13.1 Å². The summed E-state index contributed by atoms with van der Waals surface area (Å²) < 4.78 is 37.9. The quantitative estimate of drug-likeness (QED) is 0.552. The van der Waals surface area contributed by atoms with Gasteiger partial charge in [0.15, 0.2) is 0 Å². The molecule has 0 heterocycles. The van der Waals surface area contributed by atoms with E-state index >= 15 is 0 Å². The molecule has 0 atom stereocenters. The summed E-state index contributed by atoms with van der Waals surface area (Å²) in [6.45, 7) is 2.64. The van der Waals surface area contributed by atoms with Gasteiger partial charge in [-0.2, -0.15) is 0 Å².